The fraction of sp³-hybridized carbons (Fsp3) is 0.714. The van der Waals surface area contributed by atoms with Crippen LogP contribution >= 0.6 is 0 Å². The fourth-order valence-electron chi connectivity index (χ4n) is 2.56. The first-order valence-corrected chi connectivity index (χ1v) is 8.80. The molecule has 0 aromatic carbocycles. The molecule has 0 aliphatic carbocycles. The summed E-state index contributed by atoms with van der Waals surface area (Å²) in [6, 6.07) is 0. The number of ether oxygens (including phenoxy) is 1. The molecule has 2 heterocycles. The van der Waals surface area contributed by atoms with Crippen molar-refractivity contribution in [3.05, 3.63) is 17.1 Å². The van der Waals surface area contributed by atoms with E-state index in [0.29, 0.717) is 49.3 Å². The standard InChI is InChI=1S/C14H24N2O4S/c1-4-5-15-10-13-11(2)20-12(3)14(13)21(17,18)16-6-8-19-9-7-16/h15H,4-10H2,1-3H3. The monoisotopic (exact) mass is 316 g/mol. The van der Waals surface area contributed by atoms with Crippen LogP contribution in [-0.4, -0.2) is 45.6 Å². The normalized spacial score (nSPS) is 17.3. The van der Waals surface area contributed by atoms with E-state index in [1.807, 2.05) is 6.92 Å². The van der Waals surface area contributed by atoms with E-state index < -0.39 is 10.0 Å². The van der Waals surface area contributed by atoms with Gasteiger partial charge in [0, 0.05) is 25.2 Å². The molecule has 0 atom stereocenters. The fourth-order valence-corrected chi connectivity index (χ4v) is 4.38. The summed E-state index contributed by atoms with van der Waals surface area (Å²) in [5, 5.41) is 3.25. The van der Waals surface area contributed by atoms with Crippen LogP contribution in [0.4, 0.5) is 0 Å². The van der Waals surface area contributed by atoms with Crippen molar-refractivity contribution in [3.8, 4) is 0 Å². The number of nitrogens with one attached hydrogen (secondary N) is 1. The predicted octanol–water partition coefficient (Wildman–Crippen LogP) is 1.42. The highest BCUT2D eigenvalue weighted by Gasteiger charge is 2.33. The topological polar surface area (TPSA) is 71.8 Å². The SMILES string of the molecule is CCCNCc1c(C)oc(C)c1S(=O)(=O)N1CCOCC1. The Labute approximate surface area is 126 Å². The number of sulfonamides is 1. The molecule has 6 nitrogen and oxygen atoms in total. The summed E-state index contributed by atoms with van der Waals surface area (Å²) < 4.78 is 38.0. The lowest BCUT2D eigenvalue weighted by Crippen LogP contribution is -2.41. The lowest BCUT2D eigenvalue weighted by Gasteiger charge is -2.26. The van der Waals surface area contributed by atoms with Gasteiger partial charge >= 0.3 is 0 Å². The van der Waals surface area contributed by atoms with Crippen molar-refractivity contribution in [2.45, 2.75) is 38.6 Å². The smallest absolute Gasteiger partial charge is 0.247 e. The zero-order valence-electron chi connectivity index (χ0n) is 12.9. The highest BCUT2D eigenvalue weighted by atomic mass is 32.2. The van der Waals surface area contributed by atoms with Gasteiger partial charge in [-0.2, -0.15) is 4.31 Å². The van der Waals surface area contributed by atoms with E-state index in [1.165, 1.54) is 4.31 Å². The maximum absolute atomic E-state index is 12.9. The zero-order valence-corrected chi connectivity index (χ0v) is 13.8. The van der Waals surface area contributed by atoms with Gasteiger partial charge in [0.1, 0.15) is 16.4 Å². The van der Waals surface area contributed by atoms with Crippen LogP contribution in [0, 0.1) is 13.8 Å². The van der Waals surface area contributed by atoms with E-state index in [-0.39, 0.29) is 0 Å². The van der Waals surface area contributed by atoms with Crippen LogP contribution in [0.15, 0.2) is 9.31 Å². The second-order valence-electron chi connectivity index (χ2n) is 5.22. The van der Waals surface area contributed by atoms with Gasteiger partial charge in [-0.3, -0.25) is 0 Å². The van der Waals surface area contributed by atoms with Gasteiger partial charge in [0.2, 0.25) is 10.0 Å². The molecule has 1 aliphatic heterocycles. The third-order valence-electron chi connectivity index (χ3n) is 3.62. The molecule has 0 spiro atoms. The van der Waals surface area contributed by atoms with E-state index in [0.717, 1.165) is 18.5 Å². The Balaban J connectivity index is 2.32. The number of nitrogens with zero attached hydrogens (tertiary/aromatic N) is 1. The molecule has 21 heavy (non-hydrogen) atoms. The van der Waals surface area contributed by atoms with Gasteiger partial charge in [-0.05, 0) is 26.8 Å². The van der Waals surface area contributed by atoms with Crippen LogP contribution in [0.3, 0.4) is 0 Å². The molecular weight excluding hydrogens is 292 g/mol. The van der Waals surface area contributed by atoms with E-state index >= 15 is 0 Å². The molecular formula is C14H24N2O4S. The van der Waals surface area contributed by atoms with Gasteiger partial charge in [0.25, 0.3) is 0 Å². The molecule has 0 saturated carbocycles. The Morgan fingerprint density at radius 1 is 1.19 bits per heavy atom. The Kier molecular flexibility index (Phi) is 5.43. The first kappa shape index (κ1) is 16.5. The van der Waals surface area contributed by atoms with E-state index in [4.69, 9.17) is 9.15 Å². The summed E-state index contributed by atoms with van der Waals surface area (Å²) in [6.45, 7) is 8.64. The third-order valence-corrected chi connectivity index (χ3v) is 5.72. The number of morpholine rings is 1. The Bertz CT molecular complexity index is 574. The lowest BCUT2D eigenvalue weighted by molar-refractivity contribution is 0.0729. The van der Waals surface area contributed by atoms with Crippen molar-refractivity contribution >= 4 is 10.0 Å². The van der Waals surface area contributed by atoms with Crippen LogP contribution in [0.2, 0.25) is 0 Å². The zero-order chi connectivity index (χ0) is 15.5. The maximum Gasteiger partial charge on any atom is 0.247 e. The minimum Gasteiger partial charge on any atom is -0.465 e. The molecule has 0 radical (unpaired) electrons. The highest BCUT2D eigenvalue weighted by molar-refractivity contribution is 7.89. The van der Waals surface area contributed by atoms with Crippen molar-refractivity contribution in [1.82, 2.24) is 9.62 Å². The molecule has 1 N–H and O–H groups in total. The molecule has 0 amide bonds. The van der Waals surface area contributed by atoms with Crippen molar-refractivity contribution in [1.29, 1.82) is 0 Å². The lowest BCUT2D eigenvalue weighted by atomic mass is 10.2. The second kappa shape index (κ2) is 6.91. The predicted molar refractivity (Wildman–Crippen MR) is 79.8 cm³/mol. The summed E-state index contributed by atoms with van der Waals surface area (Å²) in [5.74, 6) is 1.13. The molecule has 1 aliphatic rings. The van der Waals surface area contributed by atoms with Crippen molar-refractivity contribution < 1.29 is 17.6 Å². The van der Waals surface area contributed by atoms with E-state index in [1.54, 1.807) is 6.92 Å². The van der Waals surface area contributed by atoms with Crippen molar-refractivity contribution in [2.24, 2.45) is 0 Å². The molecule has 0 bridgehead atoms. The molecule has 120 valence electrons. The van der Waals surface area contributed by atoms with Gasteiger partial charge in [-0.25, -0.2) is 8.42 Å². The molecule has 1 fully saturated rings. The summed E-state index contributed by atoms with van der Waals surface area (Å²) in [4.78, 5) is 0.325. The molecule has 0 unspecified atom stereocenters. The van der Waals surface area contributed by atoms with Crippen LogP contribution in [0.1, 0.15) is 30.4 Å². The van der Waals surface area contributed by atoms with Crippen LogP contribution in [0.5, 0.6) is 0 Å². The van der Waals surface area contributed by atoms with Crippen molar-refractivity contribution in [2.75, 3.05) is 32.8 Å². The number of furan rings is 1. The number of rotatable bonds is 6. The first-order chi connectivity index (χ1) is 9.98. The summed E-state index contributed by atoms with van der Waals surface area (Å²) in [7, 11) is -3.52. The summed E-state index contributed by atoms with van der Waals surface area (Å²) in [6.07, 6.45) is 1.00. The first-order valence-electron chi connectivity index (χ1n) is 7.36. The molecule has 7 heteroatoms. The third kappa shape index (κ3) is 3.48. The van der Waals surface area contributed by atoms with Gasteiger partial charge < -0.3 is 14.5 Å². The van der Waals surface area contributed by atoms with Crippen LogP contribution in [-0.2, 0) is 21.3 Å². The number of hydrogen-bond acceptors (Lipinski definition) is 5. The average Bonchev–Trinajstić information content (AvgIpc) is 2.75. The molecule has 1 saturated heterocycles. The van der Waals surface area contributed by atoms with Crippen molar-refractivity contribution in [3.63, 3.8) is 0 Å². The van der Waals surface area contributed by atoms with Gasteiger partial charge in [-0.15, -0.1) is 0 Å². The summed E-state index contributed by atoms with van der Waals surface area (Å²) in [5.41, 5.74) is 0.743. The van der Waals surface area contributed by atoms with Gasteiger partial charge in [0.15, 0.2) is 0 Å². The van der Waals surface area contributed by atoms with Gasteiger partial charge in [-0.1, -0.05) is 6.92 Å². The number of aryl methyl sites for hydroxylation is 2. The molecule has 1 aromatic heterocycles. The molecule has 2 rings (SSSR count). The highest BCUT2D eigenvalue weighted by Crippen LogP contribution is 2.29. The van der Waals surface area contributed by atoms with E-state index in [9.17, 15) is 8.42 Å². The second-order valence-corrected chi connectivity index (χ2v) is 7.09. The van der Waals surface area contributed by atoms with Crippen LogP contribution < -0.4 is 5.32 Å². The van der Waals surface area contributed by atoms with Gasteiger partial charge in [0.05, 0.1) is 13.2 Å². The maximum atomic E-state index is 12.9. The quantitative estimate of drug-likeness (QED) is 0.804. The Morgan fingerprint density at radius 3 is 2.48 bits per heavy atom. The number of hydrogen-bond donors (Lipinski definition) is 1. The Morgan fingerprint density at radius 2 is 1.86 bits per heavy atom. The van der Waals surface area contributed by atoms with E-state index in [2.05, 4.69) is 12.2 Å². The average molecular weight is 316 g/mol. The minimum atomic E-state index is -3.52. The summed E-state index contributed by atoms with van der Waals surface area (Å²) >= 11 is 0. The molecule has 1 aromatic rings. The largest absolute Gasteiger partial charge is 0.465 e. The minimum absolute atomic E-state index is 0.325. The Hall–Kier alpha value is -0.890. The van der Waals surface area contributed by atoms with Crippen LogP contribution in [0.25, 0.3) is 0 Å².